The largest absolute Gasteiger partial charge is 0.207 e. The number of halogens is 4. The fraction of sp³-hybridized carbons (Fsp3) is 0.250. The smallest absolute Gasteiger partial charge is 0.142 e. The van der Waals surface area contributed by atoms with Crippen molar-refractivity contribution >= 4 is 23.2 Å². The predicted molar refractivity (Wildman–Crippen MR) is 79.6 cm³/mol. The Labute approximate surface area is 127 Å². The number of hydrogen-bond acceptors (Lipinski definition) is 0. The van der Waals surface area contributed by atoms with E-state index in [4.69, 9.17) is 23.2 Å². The molecule has 0 fully saturated rings. The first kappa shape index (κ1) is 15.3. The molecule has 0 N–H and O–H groups in total. The summed E-state index contributed by atoms with van der Waals surface area (Å²) in [5.74, 6) is -0.876. The summed E-state index contributed by atoms with van der Waals surface area (Å²) < 4.78 is 27.3. The van der Waals surface area contributed by atoms with Gasteiger partial charge in [-0.3, -0.25) is 0 Å². The van der Waals surface area contributed by atoms with Crippen LogP contribution in [0.4, 0.5) is 8.78 Å². The molecule has 4 heteroatoms. The SMILES string of the molecule is CC(C)c1ccc(C(Cl)c2cc(F)c(Cl)cc2F)cc1. The average molecular weight is 315 g/mol. The van der Waals surface area contributed by atoms with E-state index in [1.165, 1.54) is 5.56 Å². The molecule has 2 aromatic carbocycles. The zero-order valence-electron chi connectivity index (χ0n) is 11.1. The molecule has 0 aliphatic rings. The Hall–Kier alpha value is -1.12. The van der Waals surface area contributed by atoms with Crippen LogP contribution >= 0.6 is 23.2 Å². The second-order valence-corrected chi connectivity index (χ2v) is 5.82. The van der Waals surface area contributed by atoms with E-state index in [9.17, 15) is 8.78 Å². The minimum Gasteiger partial charge on any atom is -0.207 e. The maximum atomic E-state index is 13.8. The molecule has 0 aliphatic heterocycles. The van der Waals surface area contributed by atoms with E-state index in [1.54, 1.807) is 0 Å². The van der Waals surface area contributed by atoms with Crippen LogP contribution in [0.15, 0.2) is 36.4 Å². The molecule has 0 nitrogen and oxygen atoms in total. The number of hydrogen-bond donors (Lipinski definition) is 0. The van der Waals surface area contributed by atoms with Gasteiger partial charge in [0.05, 0.1) is 10.4 Å². The van der Waals surface area contributed by atoms with Crippen molar-refractivity contribution in [1.82, 2.24) is 0 Å². The monoisotopic (exact) mass is 314 g/mol. The van der Waals surface area contributed by atoms with Crippen LogP contribution in [0.2, 0.25) is 5.02 Å². The van der Waals surface area contributed by atoms with E-state index in [1.807, 2.05) is 24.3 Å². The number of alkyl halides is 1. The van der Waals surface area contributed by atoms with Gasteiger partial charge in [0.2, 0.25) is 0 Å². The van der Waals surface area contributed by atoms with E-state index in [2.05, 4.69) is 13.8 Å². The summed E-state index contributed by atoms with van der Waals surface area (Å²) in [4.78, 5) is 0. The van der Waals surface area contributed by atoms with Crippen LogP contribution in [0, 0.1) is 11.6 Å². The molecular formula is C16H14Cl2F2. The first-order chi connectivity index (χ1) is 9.40. The third-order valence-corrected chi connectivity index (χ3v) is 3.99. The molecule has 1 atom stereocenters. The van der Waals surface area contributed by atoms with Gasteiger partial charge >= 0.3 is 0 Å². The number of benzene rings is 2. The van der Waals surface area contributed by atoms with Gasteiger partial charge in [0.15, 0.2) is 0 Å². The molecule has 0 amide bonds. The summed E-state index contributed by atoms with van der Waals surface area (Å²) in [6, 6.07) is 9.55. The van der Waals surface area contributed by atoms with Gasteiger partial charge in [-0.25, -0.2) is 8.78 Å². The fourth-order valence-electron chi connectivity index (χ4n) is 1.96. The van der Waals surface area contributed by atoms with Gasteiger partial charge in [-0.15, -0.1) is 11.6 Å². The molecule has 2 aromatic rings. The van der Waals surface area contributed by atoms with Crippen LogP contribution < -0.4 is 0 Å². The van der Waals surface area contributed by atoms with Crippen LogP contribution in [0.1, 0.15) is 41.8 Å². The minimum atomic E-state index is -0.747. The first-order valence-corrected chi connectivity index (χ1v) is 7.10. The minimum absolute atomic E-state index is 0.0888. The third kappa shape index (κ3) is 3.13. The van der Waals surface area contributed by atoms with Crippen molar-refractivity contribution in [2.24, 2.45) is 0 Å². The lowest BCUT2D eigenvalue weighted by Gasteiger charge is -2.13. The Bertz CT molecular complexity index is 607. The molecule has 0 saturated carbocycles. The lowest BCUT2D eigenvalue weighted by Crippen LogP contribution is -1.99. The molecule has 20 heavy (non-hydrogen) atoms. The molecule has 106 valence electrons. The van der Waals surface area contributed by atoms with E-state index in [0.29, 0.717) is 5.92 Å². The lowest BCUT2D eigenvalue weighted by molar-refractivity contribution is 0.587. The summed E-state index contributed by atoms with van der Waals surface area (Å²) in [7, 11) is 0. The molecular weight excluding hydrogens is 301 g/mol. The zero-order chi connectivity index (χ0) is 14.9. The van der Waals surface area contributed by atoms with E-state index < -0.39 is 17.0 Å². The second kappa shape index (κ2) is 6.11. The molecule has 0 aromatic heterocycles. The Morgan fingerprint density at radius 1 is 0.900 bits per heavy atom. The van der Waals surface area contributed by atoms with Gasteiger partial charge < -0.3 is 0 Å². The van der Waals surface area contributed by atoms with E-state index in [-0.39, 0.29) is 10.6 Å². The first-order valence-electron chi connectivity index (χ1n) is 6.28. The Morgan fingerprint density at radius 2 is 1.45 bits per heavy atom. The molecule has 0 spiro atoms. The highest BCUT2D eigenvalue weighted by atomic mass is 35.5. The molecule has 0 radical (unpaired) electrons. The quantitative estimate of drug-likeness (QED) is 0.476. The van der Waals surface area contributed by atoms with Gasteiger partial charge in [0, 0.05) is 5.56 Å². The molecule has 0 saturated heterocycles. The Kier molecular flexibility index (Phi) is 4.66. The van der Waals surface area contributed by atoms with Crippen LogP contribution in [0.5, 0.6) is 0 Å². The van der Waals surface area contributed by atoms with E-state index >= 15 is 0 Å². The van der Waals surface area contributed by atoms with Crippen LogP contribution in [-0.4, -0.2) is 0 Å². The van der Waals surface area contributed by atoms with Crippen molar-refractivity contribution in [2.75, 3.05) is 0 Å². The van der Waals surface area contributed by atoms with Gasteiger partial charge in [0.1, 0.15) is 11.6 Å². The molecule has 1 unspecified atom stereocenters. The zero-order valence-corrected chi connectivity index (χ0v) is 12.6. The predicted octanol–water partition coefficient (Wildman–Crippen LogP) is 6.07. The van der Waals surface area contributed by atoms with Crippen molar-refractivity contribution < 1.29 is 8.78 Å². The van der Waals surface area contributed by atoms with Gasteiger partial charge in [-0.1, -0.05) is 49.7 Å². The van der Waals surface area contributed by atoms with Gasteiger partial charge in [-0.05, 0) is 29.2 Å². The third-order valence-electron chi connectivity index (χ3n) is 3.21. The topological polar surface area (TPSA) is 0 Å². The normalized spacial score (nSPS) is 12.8. The maximum absolute atomic E-state index is 13.8. The average Bonchev–Trinajstić information content (AvgIpc) is 2.42. The fourth-order valence-corrected chi connectivity index (χ4v) is 2.42. The molecule has 2 rings (SSSR count). The Morgan fingerprint density at radius 3 is 2.00 bits per heavy atom. The highest BCUT2D eigenvalue weighted by Gasteiger charge is 2.18. The summed E-state index contributed by atoms with van der Waals surface area (Å²) in [6.07, 6.45) is 0. The molecule has 0 bridgehead atoms. The van der Waals surface area contributed by atoms with Crippen LogP contribution in [0.3, 0.4) is 0 Å². The van der Waals surface area contributed by atoms with Crippen LogP contribution in [0.25, 0.3) is 0 Å². The summed E-state index contributed by atoms with van der Waals surface area (Å²) in [6.45, 7) is 4.17. The Balaban J connectivity index is 2.36. The molecule has 0 heterocycles. The summed E-state index contributed by atoms with van der Waals surface area (Å²) in [5, 5.41) is -0.992. The van der Waals surface area contributed by atoms with Crippen molar-refractivity contribution in [3.8, 4) is 0 Å². The van der Waals surface area contributed by atoms with Crippen molar-refractivity contribution in [3.63, 3.8) is 0 Å². The highest BCUT2D eigenvalue weighted by Crippen LogP contribution is 2.33. The lowest BCUT2D eigenvalue weighted by atomic mass is 9.98. The van der Waals surface area contributed by atoms with Gasteiger partial charge in [-0.2, -0.15) is 0 Å². The van der Waals surface area contributed by atoms with Crippen molar-refractivity contribution in [3.05, 3.63) is 69.7 Å². The summed E-state index contributed by atoms with van der Waals surface area (Å²) >= 11 is 11.8. The van der Waals surface area contributed by atoms with Crippen molar-refractivity contribution in [1.29, 1.82) is 0 Å². The summed E-state index contributed by atoms with van der Waals surface area (Å²) in [5.41, 5.74) is 1.97. The maximum Gasteiger partial charge on any atom is 0.142 e. The van der Waals surface area contributed by atoms with Gasteiger partial charge in [0.25, 0.3) is 0 Å². The van der Waals surface area contributed by atoms with Crippen molar-refractivity contribution in [2.45, 2.75) is 25.1 Å². The van der Waals surface area contributed by atoms with E-state index in [0.717, 1.165) is 17.7 Å². The standard InChI is InChI=1S/C16H14Cl2F2/c1-9(2)10-3-5-11(6-4-10)16(18)12-7-15(20)13(17)8-14(12)19/h3-9,16H,1-2H3. The number of rotatable bonds is 3. The van der Waals surface area contributed by atoms with Crippen LogP contribution in [-0.2, 0) is 0 Å². The highest BCUT2D eigenvalue weighted by molar-refractivity contribution is 6.30. The molecule has 0 aliphatic carbocycles. The second-order valence-electron chi connectivity index (χ2n) is 4.97.